The summed E-state index contributed by atoms with van der Waals surface area (Å²) in [6.45, 7) is 0.500. The fourth-order valence-electron chi connectivity index (χ4n) is 0.890. The highest BCUT2D eigenvalue weighted by molar-refractivity contribution is 9.09. The van der Waals surface area contributed by atoms with E-state index in [9.17, 15) is 9.18 Å². The fraction of sp³-hybridized carbons (Fsp3) is 0.222. The van der Waals surface area contributed by atoms with Gasteiger partial charge in [0.2, 0.25) is 0 Å². The van der Waals surface area contributed by atoms with Gasteiger partial charge in [0.05, 0.1) is 5.69 Å². The van der Waals surface area contributed by atoms with Crippen molar-refractivity contribution in [1.29, 1.82) is 0 Å². The highest BCUT2D eigenvalue weighted by atomic mass is 79.9. The quantitative estimate of drug-likeness (QED) is 0.805. The molecule has 0 fully saturated rings. The third kappa shape index (κ3) is 3.33. The van der Waals surface area contributed by atoms with Crippen molar-refractivity contribution < 1.29 is 9.18 Å². The van der Waals surface area contributed by atoms with Gasteiger partial charge in [0.15, 0.2) is 0 Å². The number of amides is 2. The third-order valence-electron chi connectivity index (χ3n) is 1.50. The van der Waals surface area contributed by atoms with E-state index in [1.54, 1.807) is 12.1 Å². The molecule has 3 nitrogen and oxygen atoms in total. The summed E-state index contributed by atoms with van der Waals surface area (Å²) >= 11 is 3.16. The molecule has 0 spiro atoms. The number of hydrogen-bond acceptors (Lipinski definition) is 1. The Kier molecular flexibility index (Phi) is 4.39. The van der Waals surface area contributed by atoms with Gasteiger partial charge in [0, 0.05) is 11.9 Å². The van der Waals surface area contributed by atoms with Crippen molar-refractivity contribution in [2.45, 2.75) is 0 Å². The maximum Gasteiger partial charge on any atom is 0.319 e. The molecule has 0 saturated heterocycles. The lowest BCUT2D eigenvalue weighted by Crippen LogP contribution is -2.30. The molecule has 0 radical (unpaired) electrons. The zero-order chi connectivity index (χ0) is 10.4. The van der Waals surface area contributed by atoms with Gasteiger partial charge in [-0.1, -0.05) is 28.1 Å². The summed E-state index contributed by atoms with van der Waals surface area (Å²) in [6, 6.07) is 5.61. The van der Waals surface area contributed by atoms with Gasteiger partial charge in [-0.3, -0.25) is 0 Å². The molecule has 2 amide bonds. The zero-order valence-corrected chi connectivity index (χ0v) is 8.97. The second kappa shape index (κ2) is 5.59. The van der Waals surface area contributed by atoms with E-state index >= 15 is 0 Å². The minimum Gasteiger partial charge on any atom is -0.337 e. The molecule has 14 heavy (non-hydrogen) atoms. The van der Waals surface area contributed by atoms with E-state index in [-0.39, 0.29) is 5.69 Å². The monoisotopic (exact) mass is 260 g/mol. The van der Waals surface area contributed by atoms with Crippen LogP contribution in [0.1, 0.15) is 0 Å². The predicted molar refractivity (Wildman–Crippen MR) is 57.2 cm³/mol. The number of halogens is 2. The Balaban J connectivity index is 2.52. The molecule has 0 bridgehead atoms. The van der Waals surface area contributed by atoms with E-state index in [1.165, 1.54) is 12.1 Å². The number of nitrogens with one attached hydrogen (secondary N) is 2. The molecular formula is C9H10BrFN2O. The van der Waals surface area contributed by atoms with Crippen LogP contribution < -0.4 is 10.6 Å². The molecule has 0 heterocycles. The number of rotatable bonds is 3. The topological polar surface area (TPSA) is 41.1 Å². The van der Waals surface area contributed by atoms with Gasteiger partial charge < -0.3 is 10.6 Å². The van der Waals surface area contributed by atoms with Gasteiger partial charge in [-0.25, -0.2) is 9.18 Å². The van der Waals surface area contributed by atoms with Crippen molar-refractivity contribution in [3.05, 3.63) is 30.1 Å². The highest BCUT2D eigenvalue weighted by Gasteiger charge is 2.03. The molecule has 0 unspecified atom stereocenters. The average Bonchev–Trinajstić information content (AvgIpc) is 2.18. The van der Waals surface area contributed by atoms with E-state index < -0.39 is 11.8 Å². The summed E-state index contributed by atoms with van der Waals surface area (Å²) in [5.41, 5.74) is 0.180. The molecule has 5 heteroatoms. The molecular weight excluding hydrogens is 251 g/mol. The van der Waals surface area contributed by atoms with Gasteiger partial charge in [-0.15, -0.1) is 0 Å². The van der Waals surface area contributed by atoms with Crippen LogP contribution in [-0.2, 0) is 0 Å². The van der Waals surface area contributed by atoms with Crippen molar-refractivity contribution >= 4 is 27.6 Å². The van der Waals surface area contributed by atoms with Gasteiger partial charge in [0.25, 0.3) is 0 Å². The maximum atomic E-state index is 13.0. The highest BCUT2D eigenvalue weighted by Crippen LogP contribution is 2.11. The Morgan fingerprint density at radius 2 is 2.14 bits per heavy atom. The number of hydrogen-bond donors (Lipinski definition) is 2. The van der Waals surface area contributed by atoms with Crippen molar-refractivity contribution in [1.82, 2.24) is 5.32 Å². The molecule has 2 N–H and O–H groups in total. The SMILES string of the molecule is O=C(NCCBr)Nc1ccccc1F. The largest absolute Gasteiger partial charge is 0.337 e. The first-order valence-electron chi connectivity index (χ1n) is 4.09. The van der Waals surface area contributed by atoms with E-state index in [2.05, 4.69) is 26.6 Å². The molecule has 0 aliphatic heterocycles. The van der Waals surface area contributed by atoms with Crippen LogP contribution in [0.4, 0.5) is 14.9 Å². The van der Waals surface area contributed by atoms with Gasteiger partial charge in [0.1, 0.15) is 5.82 Å². The molecule has 0 aromatic heterocycles. The first-order valence-corrected chi connectivity index (χ1v) is 5.21. The summed E-state index contributed by atoms with van der Waals surface area (Å²) in [5, 5.41) is 5.61. The lowest BCUT2D eigenvalue weighted by atomic mass is 10.3. The maximum absolute atomic E-state index is 13.0. The van der Waals surface area contributed by atoms with E-state index in [1.807, 2.05) is 0 Å². The van der Waals surface area contributed by atoms with Crippen LogP contribution in [0.2, 0.25) is 0 Å². The number of anilines is 1. The van der Waals surface area contributed by atoms with Crippen LogP contribution >= 0.6 is 15.9 Å². The zero-order valence-electron chi connectivity index (χ0n) is 7.39. The van der Waals surface area contributed by atoms with Gasteiger partial charge >= 0.3 is 6.03 Å². The smallest absolute Gasteiger partial charge is 0.319 e. The number of carbonyl (C=O) groups is 1. The van der Waals surface area contributed by atoms with Crippen LogP contribution in [0, 0.1) is 5.82 Å². The Labute approximate surface area is 89.8 Å². The van der Waals surface area contributed by atoms with Crippen molar-refractivity contribution in [3.63, 3.8) is 0 Å². The molecule has 0 aliphatic carbocycles. The summed E-state index contributed by atoms with van der Waals surface area (Å²) in [4.78, 5) is 11.1. The first-order chi connectivity index (χ1) is 6.74. The standard InChI is InChI=1S/C9H10BrFN2O/c10-5-6-12-9(14)13-8-4-2-1-3-7(8)11/h1-4H,5-6H2,(H2,12,13,14). The molecule has 1 rings (SSSR count). The Bertz CT molecular complexity index is 319. The molecule has 0 atom stereocenters. The number of benzene rings is 1. The lowest BCUT2D eigenvalue weighted by molar-refractivity contribution is 0.252. The Morgan fingerprint density at radius 3 is 2.79 bits per heavy atom. The molecule has 0 aliphatic rings. The molecule has 0 saturated carbocycles. The van der Waals surface area contributed by atoms with Crippen molar-refractivity contribution in [2.24, 2.45) is 0 Å². The second-order valence-electron chi connectivity index (χ2n) is 2.55. The molecule has 1 aromatic rings. The van der Waals surface area contributed by atoms with Gasteiger partial charge in [-0.05, 0) is 12.1 Å². The van der Waals surface area contributed by atoms with Gasteiger partial charge in [-0.2, -0.15) is 0 Å². The van der Waals surface area contributed by atoms with E-state index in [4.69, 9.17) is 0 Å². The van der Waals surface area contributed by atoms with Crippen LogP contribution in [0.5, 0.6) is 0 Å². The summed E-state index contributed by atoms with van der Waals surface area (Å²) in [5.74, 6) is -0.443. The summed E-state index contributed by atoms with van der Waals surface area (Å²) in [6.07, 6.45) is 0. The molecule has 1 aromatic carbocycles. The fourth-order valence-corrected chi connectivity index (χ4v) is 1.09. The second-order valence-corrected chi connectivity index (χ2v) is 3.34. The normalized spacial score (nSPS) is 9.57. The Morgan fingerprint density at radius 1 is 1.43 bits per heavy atom. The average molecular weight is 261 g/mol. The van der Waals surface area contributed by atoms with Crippen LogP contribution in [0.25, 0.3) is 0 Å². The predicted octanol–water partition coefficient (Wildman–Crippen LogP) is 2.34. The lowest BCUT2D eigenvalue weighted by Gasteiger charge is -2.06. The number of urea groups is 1. The summed E-state index contributed by atoms with van der Waals surface area (Å²) < 4.78 is 13.0. The minimum atomic E-state index is -0.443. The minimum absolute atomic E-state index is 0.180. The number of alkyl halides is 1. The number of para-hydroxylation sites is 1. The number of carbonyl (C=O) groups excluding carboxylic acids is 1. The van der Waals surface area contributed by atoms with Crippen LogP contribution in [-0.4, -0.2) is 17.9 Å². The van der Waals surface area contributed by atoms with Crippen LogP contribution in [0.15, 0.2) is 24.3 Å². The van der Waals surface area contributed by atoms with Crippen molar-refractivity contribution in [2.75, 3.05) is 17.2 Å². The van der Waals surface area contributed by atoms with E-state index in [0.717, 1.165) is 0 Å². The molecule has 76 valence electrons. The van der Waals surface area contributed by atoms with Crippen molar-refractivity contribution in [3.8, 4) is 0 Å². The first kappa shape index (κ1) is 11.0. The third-order valence-corrected chi connectivity index (χ3v) is 1.90. The summed E-state index contributed by atoms with van der Waals surface area (Å²) in [7, 11) is 0. The van der Waals surface area contributed by atoms with E-state index in [0.29, 0.717) is 11.9 Å². The Hall–Kier alpha value is -1.10. The van der Waals surface area contributed by atoms with Crippen LogP contribution in [0.3, 0.4) is 0 Å².